The molecular formula is C48H46O4P2. The minimum Gasteiger partial charge on any atom is -0.345 e. The maximum Gasteiger partial charge on any atom is 0.232 e. The predicted molar refractivity (Wildman–Crippen MR) is 222 cm³/mol. The van der Waals surface area contributed by atoms with E-state index in [0.717, 1.165) is 36.8 Å². The molecule has 6 heteroatoms. The van der Waals surface area contributed by atoms with Crippen molar-refractivity contribution in [3.05, 3.63) is 193 Å². The third kappa shape index (κ3) is 6.58. The Labute approximate surface area is 322 Å². The number of benzene rings is 6. The highest BCUT2D eigenvalue weighted by molar-refractivity contribution is 7.74. The lowest BCUT2D eigenvalue weighted by Gasteiger charge is -2.64. The van der Waals surface area contributed by atoms with Crippen LogP contribution in [0.2, 0.25) is 0 Å². The molecule has 0 aliphatic carbocycles. The first-order chi connectivity index (χ1) is 26.8. The maximum absolute atomic E-state index is 8.00. The number of fused-ring (bicyclic) bond motifs is 1. The third-order valence-corrected chi connectivity index (χ3v) is 17.0. The predicted octanol–water partition coefficient (Wildman–Crippen LogP) is 9.53. The number of hydrogen-bond acceptors (Lipinski definition) is 4. The molecule has 6 atom stereocenters. The van der Waals surface area contributed by atoms with Crippen molar-refractivity contribution < 1.29 is 18.9 Å². The normalized spacial score (nSPS) is 27.0. The smallest absolute Gasteiger partial charge is 0.232 e. The third-order valence-electron chi connectivity index (χ3n) is 11.1. The molecule has 3 saturated heterocycles. The van der Waals surface area contributed by atoms with E-state index < -0.39 is 39.6 Å². The minimum absolute atomic E-state index is 0.0713. The van der Waals surface area contributed by atoms with Crippen molar-refractivity contribution in [2.45, 2.75) is 60.8 Å². The van der Waals surface area contributed by atoms with Crippen LogP contribution in [0.4, 0.5) is 0 Å². The van der Waals surface area contributed by atoms with E-state index in [2.05, 4.69) is 182 Å². The van der Waals surface area contributed by atoms with Crippen LogP contribution in [0.25, 0.3) is 0 Å². The highest BCUT2D eigenvalue weighted by Gasteiger charge is 2.72. The van der Waals surface area contributed by atoms with Gasteiger partial charge in [0.1, 0.15) is 12.2 Å². The molecule has 2 spiro atoms. The van der Waals surface area contributed by atoms with E-state index in [1.54, 1.807) is 0 Å². The van der Waals surface area contributed by atoms with Crippen LogP contribution >= 0.6 is 15.8 Å². The van der Waals surface area contributed by atoms with Gasteiger partial charge in [-0.2, -0.15) is 0 Å². The van der Waals surface area contributed by atoms with Crippen molar-refractivity contribution >= 4 is 37.1 Å². The van der Waals surface area contributed by atoms with Gasteiger partial charge < -0.3 is 18.9 Å². The summed E-state index contributed by atoms with van der Waals surface area (Å²) in [5.74, 6) is -2.46. The molecule has 6 aromatic rings. The molecule has 3 aliphatic heterocycles. The van der Waals surface area contributed by atoms with Crippen LogP contribution in [0.1, 0.15) is 49.0 Å². The molecule has 0 N–H and O–H groups in total. The van der Waals surface area contributed by atoms with Gasteiger partial charge in [-0.3, -0.25) is 0 Å². The highest BCUT2D eigenvalue weighted by atomic mass is 31.1. The largest absolute Gasteiger partial charge is 0.345 e. The summed E-state index contributed by atoms with van der Waals surface area (Å²) in [6, 6.07) is 65.3. The van der Waals surface area contributed by atoms with E-state index in [1.807, 2.05) is 0 Å². The minimum atomic E-state index is -1.23. The fraction of sp³-hybridized carbons (Fsp3) is 0.250. The Kier molecular flexibility index (Phi) is 10.6. The van der Waals surface area contributed by atoms with Crippen molar-refractivity contribution in [1.29, 1.82) is 0 Å². The van der Waals surface area contributed by atoms with Crippen molar-refractivity contribution in [1.82, 2.24) is 0 Å². The lowest BCUT2D eigenvalue weighted by atomic mass is 9.85. The van der Waals surface area contributed by atoms with Crippen LogP contribution in [0, 0.1) is 0 Å². The first kappa shape index (κ1) is 35.7. The molecule has 0 unspecified atom stereocenters. The van der Waals surface area contributed by atoms with Gasteiger partial charge in [0.25, 0.3) is 0 Å². The van der Waals surface area contributed by atoms with E-state index in [0.29, 0.717) is 13.2 Å². The van der Waals surface area contributed by atoms with E-state index in [-0.39, 0.29) is 11.3 Å². The van der Waals surface area contributed by atoms with Crippen LogP contribution in [0.15, 0.2) is 182 Å². The Bertz CT molecular complexity index is 1840. The zero-order chi connectivity index (χ0) is 36.2. The second kappa shape index (κ2) is 16.0. The number of rotatable bonds is 8. The van der Waals surface area contributed by atoms with E-state index in [9.17, 15) is 0 Å². The van der Waals surface area contributed by atoms with Crippen molar-refractivity contribution in [2.24, 2.45) is 0 Å². The molecule has 0 radical (unpaired) electrons. The molecule has 0 bridgehead atoms. The average Bonchev–Trinajstić information content (AvgIpc) is 3.25. The zero-order valence-corrected chi connectivity index (χ0v) is 32.2. The summed E-state index contributed by atoms with van der Waals surface area (Å²) in [6.45, 7) is 1.13. The van der Waals surface area contributed by atoms with Gasteiger partial charge in [-0.15, -0.1) is 0 Å². The molecule has 9 rings (SSSR count). The second-order valence-corrected chi connectivity index (χ2v) is 19.1. The Balaban J connectivity index is 1.32. The molecule has 0 saturated carbocycles. The molecule has 3 aliphatic rings. The maximum atomic E-state index is 8.00. The summed E-state index contributed by atoms with van der Waals surface area (Å²) >= 11 is 0. The second-order valence-electron chi connectivity index (χ2n) is 14.3. The van der Waals surface area contributed by atoms with Gasteiger partial charge in [0.2, 0.25) is 11.6 Å². The molecule has 4 nitrogen and oxygen atoms in total. The van der Waals surface area contributed by atoms with Crippen molar-refractivity contribution in [3.63, 3.8) is 0 Å². The topological polar surface area (TPSA) is 36.9 Å². The summed E-state index contributed by atoms with van der Waals surface area (Å²) in [5, 5.41) is 5.20. The van der Waals surface area contributed by atoms with Gasteiger partial charge in [0, 0.05) is 11.3 Å². The molecule has 6 aromatic carbocycles. The molecule has 3 fully saturated rings. The lowest BCUT2D eigenvalue weighted by Crippen LogP contribution is -2.76. The summed E-state index contributed by atoms with van der Waals surface area (Å²) in [4.78, 5) is 0. The van der Waals surface area contributed by atoms with Crippen LogP contribution in [0.5, 0.6) is 0 Å². The Hall–Kier alpha value is -3.98. The Morgan fingerprint density at radius 3 is 0.944 bits per heavy atom. The molecule has 3 heterocycles. The SMILES string of the molecule is c1ccc([C@@H]2O[C@@]3(OCCC[C@H]3P(c3ccccc3)c3ccccc3)[C@]3(OCCC[C@H]3P(c3ccccc3)c3ccccc3)O[C@H]2c2ccccc2)cc1. The van der Waals surface area contributed by atoms with Crippen LogP contribution in [-0.4, -0.2) is 36.1 Å². The monoisotopic (exact) mass is 748 g/mol. The number of hydrogen-bond donors (Lipinski definition) is 0. The fourth-order valence-electron chi connectivity index (χ4n) is 8.87. The molecular weight excluding hydrogens is 702 g/mol. The van der Waals surface area contributed by atoms with Gasteiger partial charge >= 0.3 is 0 Å². The number of ether oxygens (including phenoxy) is 4. The first-order valence-electron chi connectivity index (χ1n) is 19.3. The van der Waals surface area contributed by atoms with Gasteiger partial charge in [-0.25, -0.2) is 0 Å². The molecule has 0 amide bonds. The van der Waals surface area contributed by atoms with E-state index in [1.165, 1.54) is 21.2 Å². The van der Waals surface area contributed by atoms with E-state index in [4.69, 9.17) is 18.9 Å². The van der Waals surface area contributed by atoms with Gasteiger partial charge in [0.15, 0.2) is 0 Å². The van der Waals surface area contributed by atoms with Gasteiger partial charge in [0.05, 0.1) is 13.2 Å². The first-order valence-corrected chi connectivity index (χ1v) is 22.1. The highest BCUT2D eigenvalue weighted by Crippen LogP contribution is 2.66. The Morgan fingerprint density at radius 2 is 0.648 bits per heavy atom. The fourth-order valence-corrected chi connectivity index (χ4v) is 15.1. The molecule has 0 aromatic heterocycles. The Morgan fingerprint density at radius 1 is 0.370 bits per heavy atom. The van der Waals surface area contributed by atoms with Crippen LogP contribution in [0.3, 0.4) is 0 Å². The average molecular weight is 749 g/mol. The quantitative estimate of drug-likeness (QED) is 0.145. The van der Waals surface area contributed by atoms with E-state index >= 15 is 0 Å². The molecule has 272 valence electrons. The van der Waals surface area contributed by atoms with Crippen molar-refractivity contribution in [2.75, 3.05) is 13.2 Å². The van der Waals surface area contributed by atoms with Crippen molar-refractivity contribution in [3.8, 4) is 0 Å². The van der Waals surface area contributed by atoms with Gasteiger partial charge in [-0.05, 0) is 73.9 Å². The van der Waals surface area contributed by atoms with Crippen LogP contribution < -0.4 is 21.2 Å². The van der Waals surface area contributed by atoms with Gasteiger partial charge in [-0.1, -0.05) is 182 Å². The summed E-state index contributed by atoms with van der Waals surface area (Å²) in [7, 11) is -1.99. The molecule has 54 heavy (non-hydrogen) atoms. The lowest BCUT2D eigenvalue weighted by molar-refractivity contribution is -0.481. The van der Waals surface area contributed by atoms with Crippen LogP contribution in [-0.2, 0) is 18.9 Å². The standard InChI is InChI=1S/C48H46O4P2/c1-7-21-37(22-8-1)45-46(38-23-9-2-10-24-38)52-48(44(34-20-36-50-48)54(41-29-15-5-16-30-41)42-31-17-6-18-32-42)47(51-45)43(33-19-35-49-47)53(39-25-11-3-12-26-39)40-27-13-4-14-28-40/h1-18,21-32,43-46H,19-20,33-36H2/t43-,44-,45+,46+,47-,48-/m1/s1. The summed E-state index contributed by atoms with van der Waals surface area (Å²) in [5.41, 5.74) is 1.99. The zero-order valence-electron chi connectivity index (χ0n) is 30.4. The summed E-state index contributed by atoms with van der Waals surface area (Å²) < 4.78 is 31.0. The summed E-state index contributed by atoms with van der Waals surface area (Å²) in [6.07, 6.45) is 2.83.